The molecular formula is C23H26N2O4S. The van der Waals surface area contributed by atoms with Gasteiger partial charge in [0.2, 0.25) is 0 Å². The van der Waals surface area contributed by atoms with E-state index in [1.54, 1.807) is 31.2 Å². The molecule has 0 fully saturated rings. The number of rotatable bonds is 7. The van der Waals surface area contributed by atoms with Gasteiger partial charge in [-0.3, -0.25) is 4.68 Å². The number of ether oxygens (including phenoxy) is 1. The summed E-state index contributed by atoms with van der Waals surface area (Å²) in [6.07, 6.45) is 1.20. The second-order valence-corrected chi connectivity index (χ2v) is 9.60. The molecule has 0 aliphatic heterocycles. The van der Waals surface area contributed by atoms with Crippen LogP contribution in [-0.2, 0) is 21.1 Å². The number of hydrogen-bond donors (Lipinski definition) is 0. The van der Waals surface area contributed by atoms with Crippen molar-refractivity contribution < 1.29 is 17.9 Å². The molecular weight excluding hydrogens is 400 g/mol. The third-order valence-electron chi connectivity index (χ3n) is 4.58. The van der Waals surface area contributed by atoms with E-state index in [1.807, 2.05) is 35.0 Å². The van der Waals surface area contributed by atoms with Gasteiger partial charge in [0.05, 0.1) is 17.2 Å². The largest absolute Gasteiger partial charge is 0.461 e. The Bertz CT molecular complexity index is 1150. The molecule has 0 spiro atoms. The summed E-state index contributed by atoms with van der Waals surface area (Å²) in [4.78, 5) is 12.4. The minimum Gasteiger partial charge on any atom is -0.461 e. The molecule has 2 aromatic carbocycles. The standard InChI is InChI=1S/C23H26N2O4S/c1-5-29-23(26)21-14-22(25(24-21)15-16(2)3)18-11-9-17(10-12-18)19-7-6-8-20(13-19)30(4,27)28/h6-14,16H,5,15H2,1-4H3. The molecule has 3 rings (SSSR count). The molecule has 0 amide bonds. The summed E-state index contributed by atoms with van der Waals surface area (Å²) in [6.45, 7) is 6.92. The molecule has 0 aliphatic rings. The first-order valence-corrected chi connectivity index (χ1v) is 11.7. The van der Waals surface area contributed by atoms with Crippen LogP contribution >= 0.6 is 0 Å². The van der Waals surface area contributed by atoms with Crippen molar-refractivity contribution in [2.75, 3.05) is 12.9 Å². The van der Waals surface area contributed by atoms with Crippen LogP contribution in [0.5, 0.6) is 0 Å². The minimum atomic E-state index is -3.27. The molecule has 0 saturated heterocycles. The Morgan fingerprint density at radius 3 is 2.30 bits per heavy atom. The predicted octanol–water partition coefficient (Wildman–Crippen LogP) is 4.45. The highest BCUT2D eigenvalue weighted by molar-refractivity contribution is 7.90. The molecule has 3 aromatic rings. The van der Waals surface area contributed by atoms with Crippen LogP contribution in [-0.4, -0.2) is 37.0 Å². The topological polar surface area (TPSA) is 78.3 Å². The Balaban J connectivity index is 1.97. The highest BCUT2D eigenvalue weighted by atomic mass is 32.2. The highest BCUT2D eigenvalue weighted by Gasteiger charge is 2.17. The van der Waals surface area contributed by atoms with Crippen molar-refractivity contribution in [3.63, 3.8) is 0 Å². The van der Waals surface area contributed by atoms with E-state index in [9.17, 15) is 13.2 Å². The molecule has 6 nitrogen and oxygen atoms in total. The Labute approximate surface area is 177 Å². The highest BCUT2D eigenvalue weighted by Crippen LogP contribution is 2.27. The quantitative estimate of drug-likeness (QED) is 0.522. The summed E-state index contributed by atoms with van der Waals surface area (Å²) in [5.41, 5.74) is 3.78. The van der Waals surface area contributed by atoms with Crippen LogP contribution < -0.4 is 0 Å². The molecule has 0 radical (unpaired) electrons. The molecule has 0 N–H and O–H groups in total. The molecule has 30 heavy (non-hydrogen) atoms. The molecule has 0 atom stereocenters. The molecule has 0 saturated carbocycles. The van der Waals surface area contributed by atoms with Crippen molar-refractivity contribution in [1.29, 1.82) is 0 Å². The fourth-order valence-electron chi connectivity index (χ4n) is 3.18. The van der Waals surface area contributed by atoms with Gasteiger partial charge in [-0.05, 0) is 47.7 Å². The van der Waals surface area contributed by atoms with Gasteiger partial charge in [0, 0.05) is 12.8 Å². The van der Waals surface area contributed by atoms with Crippen molar-refractivity contribution in [2.45, 2.75) is 32.2 Å². The second-order valence-electron chi connectivity index (χ2n) is 7.59. The minimum absolute atomic E-state index is 0.289. The van der Waals surface area contributed by atoms with Gasteiger partial charge in [-0.2, -0.15) is 5.10 Å². The lowest BCUT2D eigenvalue weighted by Gasteiger charge is -2.11. The van der Waals surface area contributed by atoms with E-state index < -0.39 is 15.8 Å². The van der Waals surface area contributed by atoms with Crippen molar-refractivity contribution in [2.24, 2.45) is 5.92 Å². The molecule has 158 valence electrons. The summed E-state index contributed by atoms with van der Waals surface area (Å²) >= 11 is 0. The van der Waals surface area contributed by atoms with E-state index >= 15 is 0 Å². The van der Waals surface area contributed by atoms with E-state index in [2.05, 4.69) is 18.9 Å². The van der Waals surface area contributed by atoms with Crippen molar-refractivity contribution in [3.05, 3.63) is 60.3 Å². The number of benzene rings is 2. The number of esters is 1. The summed E-state index contributed by atoms with van der Waals surface area (Å²) in [5, 5.41) is 4.44. The smallest absolute Gasteiger partial charge is 0.358 e. The van der Waals surface area contributed by atoms with E-state index in [1.165, 1.54) is 6.26 Å². The summed E-state index contributed by atoms with van der Waals surface area (Å²) in [6, 6.07) is 16.4. The fourth-order valence-corrected chi connectivity index (χ4v) is 3.85. The molecule has 0 bridgehead atoms. The van der Waals surface area contributed by atoms with Gasteiger partial charge in [0.25, 0.3) is 0 Å². The Morgan fingerprint density at radius 1 is 1.03 bits per heavy atom. The first-order chi connectivity index (χ1) is 14.2. The summed E-state index contributed by atoms with van der Waals surface area (Å²) in [7, 11) is -3.27. The predicted molar refractivity (Wildman–Crippen MR) is 117 cm³/mol. The van der Waals surface area contributed by atoms with Crippen LogP contribution in [0.1, 0.15) is 31.3 Å². The lowest BCUT2D eigenvalue weighted by molar-refractivity contribution is 0.0518. The lowest BCUT2D eigenvalue weighted by atomic mass is 10.0. The average molecular weight is 427 g/mol. The van der Waals surface area contributed by atoms with Crippen LogP contribution in [0.25, 0.3) is 22.4 Å². The van der Waals surface area contributed by atoms with Gasteiger partial charge >= 0.3 is 5.97 Å². The molecule has 0 unspecified atom stereocenters. The molecule has 1 heterocycles. The Hall–Kier alpha value is -2.93. The maximum atomic E-state index is 12.1. The Kier molecular flexibility index (Phi) is 6.41. The third-order valence-corrected chi connectivity index (χ3v) is 5.69. The van der Waals surface area contributed by atoms with Crippen LogP contribution in [0.3, 0.4) is 0 Å². The number of aromatic nitrogens is 2. The van der Waals surface area contributed by atoms with E-state index in [0.29, 0.717) is 19.1 Å². The number of nitrogens with zero attached hydrogens (tertiary/aromatic N) is 2. The van der Waals surface area contributed by atoms with E-state index in [-0.39, 0.29) is 10.6 Å². The van der Waals surface area contributed by atoms with Gasteiger partial charge in [-0.15, -0.1) is 0 Å². The van der Waals surface area contributed by atoms with Crippen LogP contribution in [0.15, 0.2) is 59.5 Å². The van der Waals surface area contributed by atoms with Crippen LogP contribution in [0.4, 0.5) is 0 Å². The first-order valence-electron chi connectivity index (χ1n) is 9.85. The average Bonchev–Trinajstić information content (AvgIpc) is 3.11. The van der Waals surface area contributed by atoms with Gasteiger partial charge in [0.15, 0.2) is 15.5 Å². The Morgan fingerprint density at radius 2 is 1.70 bits per heavy atom. The van der Waals surface area contributed by atoms with Crippen molar-refractivity contribution >= 4 is 15.8 Å². The zero-order valence-electron chi connectivity index (χ0n) is 17.6. The molecule has 0 aliphatic carbocycles. The summed E-state index contributed by atoms with van der Waals surface area (Å²) in [5.74, 6) is -0.0767. The normalized spacial score (nSPS) is 11.6. The maximum absolute atomic E-state index is 12.1. The van der Waals surface area contributed by atoms with E-state index in [4.69, 9.17) is 4.74 Å². The number of carbonyl (C=O) groups is 1. The van der Waals surface area contributed by atoms with Crippen LogP contribution in [0.2, 0.25) is 0 Å². The zero-order valence-corrected chi connectivity index (χ0v) is 18.4. The van der Waals surface area contributed by atoms with Crippen molar-refractivity contribution in [3.8, 4) is 22.4 Å². The zero-order chi connectivity index (χ0) is 21.9. The number of sulfone groups is 1. The lowest BCUT2D eigenvalue weighted by Crippen LogP contribution is -2.10. The third kappa shape index (κ3) is 4.97. The monoisotopic (exact) mass is 426 g/mol. The fraction of sp³-hybridized carbons (Fsp3) is 0.304. The van der Waals surface area contributed by atoms with Crippen molar-refractivity contribution in [1.82, 2.24) is 9.78 Å². The maximum Gasteiger partial charge on any atom is 0.358 e. The van der Waals surface area contributed by atoms with Gasteiger partial charge in [-0.1, -0.05) is 50.2 Å². The van der Waals surface area contributed by atoms with E-state index in [0.717, 1.165) is 22.4 Å². The van der Waals surface area contributed by atoms with Gasteiger partial charge < -0.3 is 4.74 Å². The summed E-state index contributed by atoms with van der Waals surface area (Å²) < 4.78 is 30.6. The van der Waals surface area contributed by atoms with Gasteiger partial charge in [-0.25, -0.2) is 13.2 Å². The molecule has 7 heteroatoms. The SMILES string of the molecule is CCOC(=O)c1cc(-c2ccc(-c3cccc(S(C)(=O)=O)c3)cc2)n(CC(C)C)n1. The number of carbonyl (C=O) groups excluding carboxylic acids is 1. The number of hydrogen-bond acceptors (Lipinski definition) is 5. The van der Waals surface area contributed by atoms with Gasteiger partial charge in [0.1, 0.15) is 0 Å². The first kappa shape index (κ1) is 21.8. The molecule has 1 aromatic heterocycles. The second kappa shape index (κ2) is 8.83. The van der Waals surface area contributed by atoms with Crippen LogP contribution in [0, 0.1) is 5.92 Å².